The van der Waals surface area contributed by atoms with Crippen LogP contribution in [0.25, 0.3) is 0 Å². The Morgan fingerprint density at radius 2 is 1.47 bits per heavy atom. The van der Waals surface area contributed by atoms with E-state index >= 15 is 0 Å². The van der Waals surface area contributed by atoms with Gasteiger partial charge in [-0.25, -0.2) is 0 Å². The van der Waals surface area contributed by atoms with E-state index in [0.29, 0.717) is 0 Å². The maximum Gasteiger partial charge on any atom is 0.113 e. The first-order valence-corrected chi connectivity index (χ1v) is 6.36. The Morgan fingerprint density at radius 3 is 2.06 bits per heavy atom. The Labute approximate surface area is 110 Å². The molecule has 0 aliphatic heterocycles. The standard InChI is InChI=1S/C15H15BrO/c1-11-7-3-4-8-12(11)15(2,17)13-9-5-6-10-14(13)16/h3-10,17H,1-2H3. The summed E-state index contributed by atoms with van der Waals surface area (Å²) in [6.07, 6.45) is 0. The van der Waals surface area contributed by atoms with E-state index in [0.717, 1.165) is 21.2 Å². The van der Waals surface area contributed by atoms with Gasteiger partial charge in [-0.15, -0.1) is 0 Å². The van der Waals surface area contributed by atoms with Crippen molar-refractivity contribution in [1.82, 2.24) is 0 Å². The van der Waals surface area contributed by atoms with Gasteiger partial charge in [0.1, 0.15) is 5.60 Å². The quantitative estimate of drug-likeness (QED) is 0.886. The summed E-state index contributed by atoms with van der Waals surface area (Å²) in [6, 6.07) is 15.7. The zero-order chi connectivity index (χ0) is 12.5. The van der Waals surface area contributed by atoms with Crippen molar-refractivity contribution in [1.29, 1.82) is 0 Å². The number of benzene rings is 2. The molecule has 1 nitrogen and oxygen atoms in total. The van der Waals surface area contributed by atoms with Crippen molar-refractivity contribution in [2.75, 3.05) is 0 Å². The molecule has 0 aliphatic carbocycles. The molecule has 1 unspecified atom stereocenters. The van der Waals surface area contributed by atoms with E-state index in [-0.39, 0.29) is 0 Å². The van der Waals surface area contributed by atoms with E-state index in [2.05, 4.69) is 15.9 Å². The number of rotatable bonds is 2. The van der Waals surface area contributed by atoms with Crippen LogP contribution >= 0.6 is 15.9 Å². The second-order valence-corrected chi connectivity index (χ2v) is 5.22. The van der Waals surface area contributed by atoms with Gasteiger partial charge in [-0.05, 0) is 31.0 Å². The van der Waals surface area contributed by atoms with E-state index in [4.69, 9.17) is 0 Å². The highest BCUT2D eigenvalue weighted by atomic mass is 79.9. The van der Waals surface area contributed by atoms with Crippen molar-refractivity contribution in [2.24, 2.45) is 0 Å². The molecule has 0 fully saturated rings. The van der Waals surface area contributed by atoms with E-state index < -0.39 is 5.60 Å². The molecule has 1 N–H and O–H groups in total. The maximum absolute atomic E-state index is 10.8. The van der Waals surface area contributed by atoms with Crippen LogP contribution < -0.4 is 0 Å². The van der Waals surface area contributed by atoms with Crippen LogP contribution in [0.5, 0.6) is 0 Å². The molecule has 0 saturated carbocycles. The highest BCUT2D eigenvalue weighted by molar-refractivity contribution is 9.10. The molecule has 2 aromatic rings. The van der Waals surface area contributed by atoms with Crippen molar-refractivity contribution in [3.05, 3.63) is 69.7 Å². The zero-order valence-corrected chi connectivity index (χ0v) is 11.5. The fourth-order valence-electron chi connectivity index (χ4n) is 2.12. The van der Waals surface area contributed by atoms with Crippen molar-refractivity contribution < 1.29 is 5.11 Å². The predicted octanol–water partition coefficient (Wildman–Crippen LogP) is 4.01. The molecule has 0 heterocycles. The number of halogens is 1. The first-order valence-electron chi connectivity index (χ1n) is 5.57. The van der Waals surface area contributed by atoms with Gasteiger partial charge in [-0.2, -0.15) is 0 Å². The first kappa shape index (κ1) is 12.3. The fraction of sp³-hybridized carbons (Fsp3) is 0.200. The van der Waals surface area contributed by atoms with Gasteiger partial charge in [0.2, 0.25) is 0 Å². The zero-order valence-electron chi connectivity index (χ0n) is 9.94. The average Bonchev–Trinajstić information content (AvgIpc) is 2.29. The van der Waals surface area contributed by atoms with Crippen molar-refractivity contribution in [3.63, 3.8) is 0 Å². The number of hydrogen-bond donors (Lipinski definition) is 1. The van der Waals surface area contributed by atoms with Gasteiger partial charge in [0.15, 0.2) is 0 Å². The Bertz CT molecular complexity index is 484. The maximum atomic E-state index is 10.8. The molecule has 0 aliphatic rings. The third-order valence-corrected chi connectivity index (χ3v) is 3.76. The lowest BCUT2D eigenvalue weighted by molar-refractivity contribution is 0.101. The monoisotopic (exact) mass is 290 g/mol. The van der Waals surface area contributed by atoms with E-state index in [1.807, 2.05) is 62.4 Å². The Balaban J connectivity index is 2.58. The minimum atomic E-state index is -0.981. The highest BCUT2D eigenvalue weighted by Crippen LogP contribution is 2.35. The molecular weight excluding hydrogens is 276 g/mol. The number of aryl methyl sites for hydroxylation is 1. The van der Waals surface area contributed by atoms with E-state index in [1.54, 1.807) is 0 Å². The summed E-state index contributed by atoms with van der Waals surface area (Å²) in [6.45, 7) is 3.84. The lowest BCUT2D eigenvalue weighted by atomic mass is 9.86. The normalized spacial score (nSPS) is 14.4. The molecule has 17 heavy (non-hydrogen) atoms. The Morgan fingerprint density at radius 1 is 0.941 bits per heavy atom. The molecule has 0 saturated heterocycles. The SMILES string of the molecule is Cc1ccccc1C(C)(O)c1ccccc1Br. The third kappa shape index (κ3) is 2.28. The van der Waals surface area contributed by atoms with Gasteiger partial charge in [0.05, 0.1) is 0 Å². The summed E-state index contributed by atoms with van der Waals surface area (Å²) in [4.78, 5) is 0. The predicted molar refractivity (Wildman–Crippen MR) is 74.0 cm³/mol. The van der Waals surface area contributed by atoms with Crippen LogP contribution in [0, 0.1) is 6.92 Å². The average molecular weight is 291 g/mol. The molecule has 0 spiro atoms. The molecule has 0 aromatic heterocycles. The van der Waals surface area contributed by atoms with Gasteiger partial charge in [0, 0.05) is 10.0 Å². The van der Waals surface area contributed by atoms with Gasteiger partial charge in [-0.1, -0.05) is 58.4 Å². The molecule has 0 amide bonds. The smallest absolute Gasteiger partial charge is 0.113 e. The fourth-order valence-corrected chi connectivity index (χ4v) is 2.79. The lowest BCUT2D eigenvalue weighted by Crippen LogP contribution is -2.24. The molecular formula is C15H15BrO. The van der Waals surface area contributed by atoms with E-state index in [9.17, 15) is 5.11 Å². The van der Waals surface area contributed by atoms with Gasteiger partial charge < -0.3 is 5.11 Å². The summed E-state index contributed by atoms with van der Waals surface area (Å²) >= 11 is 3.49. The molecule has 0 bridgehead atoms. The van der Waals surface area contributed by atoms with Crippen molar-refractivity contribution in [2.45, 2.75) is 19.4 Å². The Hall–Kier alpha value is -1.12. The molecule has 0 radical (unpaired) electrons. The van der Waals surface area contributed by atoms with Crippen LogP contribution in [0.3, 0.4) is 0 Å². The van der Waals surface area contributed by atoms with Crippen LogP contribution in [0.15, 0.2) is 53.0 Å². The van der Waals surface area contributed by atoms with E-state index in [1.165, 1.54) is 0 Å². The second kappa shape index (κ2) is 4.63. The molecule has 88 valence electrons. The van der Waals surface area contributed by atoms with Crippen LogP contribution in [-0.4, -0.2) is 5.11 Å². The molecule has 1 atom stereocenters. The second-order valence-electron chi connectivity index (χ2n) is 4.37. The summed E-state index contributed by atoms with van der Waals surface area (Å²) in [5.41, 5.74) is 1.93. The minimum Gasteiger partial charge on any atom is -0.381 e. The van der Waals surface area contributed by atoms with Crippen LogP contribution in [0.1, 0.15) is 23.6 Å². The van der Waals surface area contributed by atoms with Crippen molar-refractivity contribution >= 4 is 15.9 Å². The molecule has 2 rings (SSSR count). The van der Waals surface area contributed by atoms with Gasteiger partial charge in [-0.3, -0.25) is 0 Å². The van der Waals surface area contributed by atoms with Gasteiger partial charge >= 0.3 is 0 Å². The summed E-state index contributed by atoms with van der Waals surface area (Å²) in [5, 5.41) is 10.8. The summed E-state index contributed by atoms with van der Waals surface area (Å²) in [5.74, 6) is 0. The third-order valence-electron chi connectivity index (χ3n) is 3.07. The number of aliphatic hydroxyl groups is 1. The van der Waals surface area contributed by atoms with Gasteiger partial charge in [0.25, 0.3) is 0 Å². The van der Waals surface area contributed by atoms with Crippen LogP contribution in [-0.2, 0) is 5.60 Å². The lowest BCUT2D eigenvalue weighted by Gasteiger charge is -2.27. The molecule has 2 heteroatoms. The highest BCUT2D eigenvalue weighted by Gasteiger charge is 2.28. The topological polar surface area (TPSA) is 20.2 Å². The first-order chi connectivity index (χ1) is 8.03. The minimum absolute atomic E-state index is 0.884. The molecule has 2 aromatic carbocycles. The summed E-state index contributed by atoms with van der Waals surface area (Å²) in [7, 11) is 0. The van der Waals surface area contributed by atoms with Crippen molar-refractivity contribution in [3.8, 4) is 0 Å². The largest absolute Gasteiger partial charge is 0.381 e. The van der Waals surface area contributed by atoms with Crippen LogP contribution in [0.4, 0.5) is 0 Å². The van der Waals surface area contributed by atoms with Crippen LogP contribution in [0.2, 0.25) is 0 Å². The Kier molecular flexibility index (Phi) is 3.36. The summed E-state index contributed by atoms with van der Waals surface area (Å²) < 4.78 is 0.924. The number of hydrogen-bond acceptors (Lipinski definition) is 1.